The predicted octanol–water partition coefficient (Wildman–Crippen LogP) is 4.71. The third-order valence-corrected chi connectivity index (χ3v) is 4.86. The number of ether oxygens (including phenoxy) is 1. The molecule has 1 N–H and O–H groups in total. The summed E-state index contributed by atoms with van der Waals surface area (Å²) in [6, 6.07) is 8.27. The van der Waals surface area contributed by atoms with Crippen LogP contribution < -0.4 is 5.32 Å². The van der Waals surface area contributed by atoms with Crippen LogP contribution in [-0.2, 0) is 11.3 Å². The molecule has 0 saturated carbocycles. The van der Waals surface area contributed by atoms with Gasteiger partial charge in [0.1, 0.15) is 0 Å². The number of thiophene rings is 1. The van der Waals surface area contributed by atoms with Crippen molar-refractivity contribution in [3.63, 3.8) is 0 Å². The van der Waals surface area contributed by atoms with Crippen LogP contribution in [0.3, 0.4) is 0 Å². The highest BCUT2D eigenvalue weighted by atomic mass is 35.5. The van der Waals surface area contributed by atoms with Crippen LogP contribution in [0.5, 0.6) is 0 Å². The lowest BCUT2D eigenvalue weighted by Gasteiger charge is -2.07. The Kier molecular flexibility index (Phi) is 6.30. The van der Waals surface area contributed by atoms with Crippen LogP contribution in [0.15, 0.2) is 24.3 Å². The SMILES string of the molecule is CC(C)CCOCCNCc1sc2ccccc2c1Cl. The average molecular weight is 312 g/mol. The van der Waals surface area contributed by atoms with Crippen molar-refractivity contribution >= 4 is 33.0 Å². The smallest absolute Gasteiger partial charge is 0.0636 e. The van der Waals surface area contributed by atoms with Crippen molar-refractivity contribution in [3.05, 3.63) is 34.2 Å². The number of nitrogens with one attached hydrogen (secondary N) is 1. The summed E-state index contributed by atoms with van der Waals surface area (Å²) in [6.07, 6.45) is 1.13. The van der Waals surface area contributed by atoms with Crippen molar-refractivity contribution in [2.45, 2.75) is 26.8 Å². The quantitative estimate of drug-likeness (QED) is 0.713. The van der Waals surface area contributed by atoms with Gasteiger partial charge in [-0.2, -0.15) is 0 Å². The Bertz CT molecular complexity index is 538. The van der Waals surface area contributed by atoms with E-state index in [4.69, 9.17) is 16.3 Å². The van der Waals surface area contributed by atoms with E-state index in [0.717, 1.165) is 43.1 Å². The molecular weight excluding hydrogens is 290 g/mol. The van der Waals surface area contributed by atoms with Gasteiger partial charge in [0.2, 0.25) is 0 Å². The van der Waals surface area contributed by atoms with Gasteiger partial charge < -0.3 is 10.1 Å². The van der Waals surface area contributed by atoms with E-state index in [0.29, 0.717) is 5.92 Å². The Morgan fingerprint density at radius 3 is 2.80 bits per heavy atom. The molecule has 20 heavy (non-hydrogen) atoms. The molecule has 0 amide bonds. The van der Waals surface area contributed by atoms with Gasteiger partial charge >= 0.3 is 0 Å². The van der Waals surface area contributed by atoms with E-state index in [1.165, 1.54) is 9.58 Å². The molecule has 0 fully saturated rings. The minimum Gasteiger partial charge on any atom is -0.380 e. The summed E-state index contributed by atoms with van der Waals surface area (Å²) in [4.78, 5) is 1.20. The first-order valence-electron chi connectivity index (χ1n) is 7.13. The Morgan fingerprint density at radius 1 is 1.25 bits per heavy atom. The molecule has 0 atom stereocenters. The molecule has 0 spiro atoms. The van der Waals surface area contributed by atoms with Crippen LogP contribution in [0.25, 0.3) is 10.1 Å². The molecule has 2 nitrogen and oxygen atoms in total. The molecule has 1 heterocycles. The lowest BCUT2D eigenvalue weighted by Crippen LogP contribution is -2.19. The molecule has 0 unspecified atom stereocenters. The van der Waals surface area contributed by atoms with Gasteiger partial charge in [-0.3, -0.25) is 0 Å². The van der Waals surface area contributed by atoms with E-state index in [2.05, 4.69) is 37.4 Å². The summed E-state index contributed by atoms with van der Waals surface area (Å²) in [5.74, 6) is 0.709. The maximum Gasteiger partial charge on any atom is 0.0636 e. The van der Waals surface area contributed by atoms with Gasteiger partial charge in [0.05, 0.1) is 11.6 Å². The van der Waals surface area contributed by atoms with Gasteiger partial charge in [0.25, 0.3) is 0 Å². The number of rotatable bonds is 8. The van der Waals surface area contributed by atoms with Crippen molar-refractivity contribution in [1.82, 2.24) is 5.32 Å². The molecule has 0 aliphatic carbocycles. The minimum atomic E-state index is 0.709. The number of fused-ring (bicyclic) bond motifs is 1. The minimum absolute atomic E-state index is 0.709. The summed E-state index contributed by atoms with van der Waals surface area (Å²) in [5, 5.41) is 5.44. The second-order valence-corrected chi connectivity index (χ2v) is 6.82. The average Bonchev–Trinajstić information content (AvgIpc) is 2.75. The monoisotopic (exact) mass is 311 g/mol. The third-order valence-electron chi connectivity index (χ3n) is 3.15. The molecule has 0 aliphatic rings. The van der Waals surface area contributed by atoms with Crippen LogP contribution >= 0.6 is 22.9 Å². The zero-order valence-electron chi connectivity index (χ0n) is 12.1. The fourth-order valence-corrected chi connectivity index (χ4v) is 3.42. The first kappa shape index (κ1) is 15.8. The first-order chi connectivity index (χ1) is 9.68. The summed E-state index contributed by atoms with van der Waals surface area (Å²) in [6.45, 7) is 7.71. The lowest BCUT2D eigenvalue weighted by atomic mass is 10.1. The van der Waals surface area contributed by atoms with Crippen LogP contribution in [0.2, 0.25) is 5.02 Å². The molecule has 2 rings (SSSR count). The van der Waals surface area contributed by atoms with Crippen LogP contribution in [0.4, 0.5) is 0 Å². The molecule has 1 aromatic heterocycles. The molecule has 2 aromatic rings. The van der Waals surface area contributed by atoms with E-state index in [1.807, 2.05) is 6.07 Å². The van der Waals surface area contributed by atoms with Gasteiger partial charge in [-0.25, -0.2) is 0 Å². The van der Waals surface area contributed by atoms with Crippen LogP contribution in [0.1, 0.15) is 25.1 Å². The Morgan fingerprint density at radius 2 is 2.05 bits per heavy atom. The highest BCUT2D eigenvalue weighted by Crippen LogP contribution is 2.34. The fourth-order valence-electron chi connectivity index (χ4n) is 1.95. The Hall–Kier alpha value is -0.610. The van der Waals surface area contributed by atoms with Gasteiger partial charge in [-0.05, 0) is 18.4 Å². The molecule has 0 saturated heterocycles. The fraction of sp³-hybridized carbons (Fsp3) is 0.500. The van der Waals surface area contributed by atoms with Gasteiger partial charge in [0, 0.05) is 34.7 Å². The standard InChI is InChI=1S/C16H22ClNOS/c1-12(2)7-9-19-10-8-18-11-15-16(17)13-5-3-4-6-14(13)20-15/h3-6,12,18H,7-11H2,1-2H3. The normalized spacial score (nSPS) is 11.6. The maximum absolute atomic E-state index is 6.39. The number of hydrogen-bond donors (Lipinski definition) is 1. The second kappa shape index (κ2) is 7.99. The zero-order chi connectivity index (χ0) is 14.4. The van der Waals surface area contributed by atoms with E-state index in [1.54, 1.807) is 11.3 Å². The summed E-state index contributed by atoms with van der Waals surface area (Å²) < 4.78 is 6.83. The number of benzene rings is 1. The maximum atomic E-state index is 6.39. The van der Waals surface area contributed by atoms with E-state index < -0.39 is 0 Å². The van der Waals surface area contributed by atoms with Crippen molar-refractivity contribution in [2.24, 2.45) is 5.92 Å². The highest BCUT2D eigenvalue weighted by Gasteiger charge is 2.08. The number of halogens is 1. The van der Waals surface area contributed by atoms with E-state index in [9.17, 15) is 0 Å². The molecular formula is C16H22ClNOS. The second-order valence-electron chi connectivity index (χ2n) is 5.31. The summed E-state index contributed by atoms with van der Waals surface area (Å²) in [5.41, 5.74) is 0. The molecule has 0 radical (unpaired) electrons. The first-order valence-corrected chi connectivity index (χ1v) is 8.32. The largest absolute Gasteiger partial charge is 0.380 e. The van der Waals surface area contributed by atoms with Crippen molar-refractivity contribution in [3.8, 4) is 0 Å². The zero-order valence-corrected chi connectivity index (χ0v) is 13.7. The Balaban J connectivity index is 1.72. The van der Waals surface area contributed by atoms with E-state index >= 15 is 0 Å². The topological polar surface area (TPSA) is 21.3 Å². The van der Waals surface area contributed by atoms with Crippen molar-refractivity contribution < 1.29 is 4.74 Å². The third kappa shape index (κ3) is 4.45. The molecule has 4 heteroatoms. The summed E-state index contributed by atoms with van der Waals surface area (Å²) in [7, 11) is 0. The lowest BCUT2D eigenvalue weighted by molar-refractivity contribution is 0.125. The molecule has 110 valence electrons. The Labute approximate surface area is 130 Å². The highest BCUT2D eigenvalue weighted by molar-refractivity contribution is 7.19. The van der Waals surface area contributed by atoms with Crippen LogP contribution in [0, 0.1) is 5.92 Å². The van der Waals surface area contributed by atoms with Crippen molar-refractivity contribution in [1.29, 1.82) is 0 Å². The molecule has 0 aliphatic heterocycles. The van der Waals surface area contributed by atoms with Gasteiger partial charge in [-0.15, -0.1) is 11.3 Å². The molecule has 0 bridgehead atoms. The number of hydrogen-bond acceptors (Lipinski definition) is 3. The van der Waals surface area contributed by atoms with Crippen molar-refractivity contribution in [2.75, 3.05) is 19.8 Å². The summed E-state index contributed by atoms with van der Waals surface area (Å²) >= 11 is 8.15. The van der Waals surface area contributed by atoms with E-state index in [-0.39, 0.29) is 0 Å². The predicted molar refractivity (Wildman–Crippen MR) is 88.8 cm³/mol. The van der Waals surface area contributed by atoms with Crippen LogP contribution in [-0.4, -0.2) is 19.8 Å². The van der Waals surface area contributed by atoms with Gasteiger partial charge in [-0.1, -0.05) is 43.6 Å². The van der Waals surface area contributed by atoms with Gasteiger partial charge in [0.15, 0.2) is 0 Å². The molecule has 1 aromatic carbocycles.